The Kier molecular flexibility index (Phi) is 5.19. The molecule has 1 saturated carbocycles. The van der Waals surface area contributed by atoms with Crippen LogP contribution in [0.1, 0.15) is 46.0 Å². The first-order valence-electron chi connectivity index (χ1n) is 10.5. The minimum Gasteiger partial charge on any atom is -0.491 e. The molecule has 3 aliphatic rings. The standard InChI is InChI=1S/C22H30N2O5/c1-16(2)29-18-5-3-17(4-6-18)24-12-11-21(19(24)25)7-9-22(27,10-8-21)15-23-13-14-28-20(23)26/h3-6,16,27H,7-15H2,1-2H3. The highest BCUT2D eigenvalue weighted by atomic mass is 16.6. The molecule has 1 N–H and O–H groups in total. The molecule has 2 saturated heterocycles. The summed E-state index contributed by atoms with van der Waals surface area (Å²) in [7, 11) is 0. The van der Waals surface area contributed by atoms with E-state index in [4.69, 9.17) is 9.47 Å². The third-order valence-corrected chi connectivity index (χ3v) is 6.50. The minimum atomic E-state index is -0.932. The van der Waals surface area contributed by atoms with Gasteiger partial charge in [0, 0.05) is 12.2 Å². The summed E-state index contributed by atoms with van der Waals surface area (Å²) < 4.78 is 10.6. The lowest BCUT2D eigenvalue weighted by molar-refractivity contribution is -0.131. The lowest BCUT2D eigenvalue weighted by Crippen LogP contribution is -2.49. The van der Waals surface area contributed by atoms with Crippen LogP contribution >= 0.6 is 0 Å². The number of carbonyl (C=O) groups is 2. The summed E-state index contributed by atoms with van der Waals surface area (Å²) in [5.74, 6) is 0.950. The number of benzene rings is 1. The van der Waals surface area contributed by atoms with Crippen LogP contribution in [0.3, 0.4) is 0 Å². The monoisotopic (exact) mass is 402 g/mol. The maximum absolute atomic E-state index is 13.3. The van der Waals surface area contributed by atoms with Crippen molar-refractivity contribution in [1.82, 2.24) is 4.90 Å². The molecule has 7 nitrogen and oxygen atoms in total. The Morgan fingerprint density at radius 3 is 2.34 bits per heavy atom. The molecular weight excluding hydrogens is 372 g/mol. The lowest BCUT2D eigenvalue weighted by atomic mass is 9.67. The smallest absolute Gasteiger partial charge is 0.410 e. The van der Waals surface area contributed by atoms with Gasteiger partial charge in [-0.25, -0.2) is 4.79 Å². The van der Waals surface area contributed by atoms with E-state index in [1.54, 1.807) is 4.90 Å². The van der Waals surface area contributed by atoms with Crippen molar-refractivity contribution in [1.29, 1.82) is 0 Å². The Labute approximate surface area is 171 Å². The number of hydrogen-bond donors (Lipinski definition) is 1. The number of hydrogen-bond acceptors (Lipinski definition) is 5. The fourth-order valence-corrected chi connectivity index (χ4v) is 4.78. The van der Waals surface area contributed by atoms with Gasteiger partial charge in [0.1, 0.15) is 12.4 Å². The zero-order valence-corrected chi connectivity index (χ0v) is 17.2. The predicted octanol–water partition coefficient (Wildman–Crippen LogP) is 2.95. The van der Waals surface area contributed by atoms with E-state index in [0.717, 1.165) is 17.9 Å². The molecular formula is C22H30N2O5. The first-order chi connectivity index (χ1) is 13.8. The van der Waals surface area contributed by atoms with Gasteiger partial charge in [0.2, 0.25) is 5.91 Å². The number of cyclic esters (lactones) is 1. The van der Waals surface area contributed by atoms with Gasteiger partial charge in [0.05, 0.1) is 30.2 Å². The van der Waals surface area contributed by atoms with Crippen molar-refractivity contribution in [3.63, 3.8) is 0 Å². The molecule has 0 bridgehead atoms. The van der Waals surface area contributed by atoms with Crippen LogP contribution < -0.4 is 9.64 Å². The van der Waals surface area contributed by atoms with Gasteiger partial charge in [-0.15, -0.1) is 0 Å². The van der Waals surface area contributed by atoms with E-state index in [-0.39, 0.29) is 24.6 Å². The third kappa shape index (κ3) is 3.92. The molecule has 29 heavy (non-hydrogen) atoms. The predicted molar refractivity (Wildman–Crippen MR) is 108 cm³/mol. The van der Waals surface area contributed by atoms with E-state index in [1.165, 1.54) is 0 Å². The van der Waals surface area contributed by atoms with E-state index < -0.39 is 11.0 Å². The second-order valence-electron chi connectivity index (χ2n) is 8.91. The average molecular weight is 402 g/mol. The number of anilines is 1. The molecule has 1 aliphatic carbocycles. The van der Waals surface area contributed by atoms with E-state index in [1.807, 2.05) is 43.0 Å². The largest absolute Gasteiger partial charge is 0.491 e. The van der Waals surface area contributed by atoms with Crippen LogP contribution in [0.25, 0.3) is 0 Å². The van der Waals surface area contributed by atoms with Crippen molar-refractivity contribution in [2.45, 2.75) is 57.7 Å². The van der Waals surface area contributed by atoms with Crippen LogP contribution in [0, 0.1) is 5.41 Å². The number of β-amino-alcohol motifs (C(OH)–C–C–N with tert-alkyl or cyclic N) is 1. The normalized spacial score (nSPS) is 29.8. The van der Waals surface area contributed by atoms with Gasteiger partial charge >= 0.3 is 6.09 Å². The average Bonchev–Trinajstić information content (AvgIpc) is 3.22. The van der Waals surface area contributed by atoms with E-state index in [9.17, 15) is 14.7 Å². The zero-order chi connectivity index (χ0) is 20.6. The highest BCUT2D eigenvalue weighted by Gasteiger charge is 2.52. The van der Waals surface area contributed by atoms with Gasteiger partial charge in [-0.05, 0) is 70.2 Å². The molecule has 0 radical (unpaired) electrons. The van der Waals surface area contributed by atoms with Gasteiger partial charge in [0.15, 0.2) is 0 Å². The summed E-state index contributed by atoms with van der Waals surface area (Å²) in [5.41, 5.74) is -0.438. The molecule has 0 unspecified atom stereocenters. The van der Waals surface area contributed by atoms with Gasteiger partial charge in [-0.1, -0.05) is 0 Å². The molecule has 4 rings (SSSR count). The van der Waals surface area contributed by atoms with Crippen molar-refractivity contribution in [2.75, 3.05) is 31.1 Å². The van der Waals surface area contributed by atoms with Gasteiger partial charge < -0.3 is 24.4 Å². The molecule has 7 heteroatoms. The third-order valence-electron chi connectivity index (χ3n) is 6.50. The summed E-state index contributed by atoms with van der Waals surface area (Å²) in [4.78, 5) is 28.4. The number of carbonyl (C=O) groups excluding carboxylic acids is 2. The number of nitrogens with zero attached hydrogens (tertiary/aromatic N) is 2. The second-order valence-corrected chi connectivity index (χ2v) is 8.91. The van der Waals surface area contributed by atoms with Crippen LogP contribution in [-0.2, 0) is 9.53 Å². The van der Waals surface area contributed by atoms with E-state index in [2.05, 4.69) is 0 Å². The molecule has 2 heterocycles. The summed E-state index contributed by atoms with van der Waals surface area (Å²) in [6.45, 7) is 5.86. The summed E-state index contributed by atoms with van der Waals surface area (Å²) in [6, 6.07) is 7.68. The second kappa shape index (κ2) is 7.52. The van der Waals surface area contributed by atoms with E-state index in [0.29, 0.717) is 45.4 Å². The molecule has 2 aliphatic heterocycles. The maximum Gasteiger partial charge on any atom is 0.410 e. The number of rotatable bonds is 5. The molecule has 1 aromatic rings. The Morgan fingerprint density at radius 1 is 1.07 bits per heavy atom. The number of aliphatic hydroxyl groups is 1. The SMILES string of the molecule is CC(C)Oc1ccc(N2CCC3(CCC(O)(CN4CCOC4=O)CC3)C2=O)cc1. The molecule has 0 atom stereocenters. The van der Waals surface area contributed by atoms with Crippen LogP contribution in [0.15, 0.2) is 24.3 Å². The van der Waals surface area contributed by atoms with Gasteiger partial charge in [-0.2, -0.15) is 0 Å². The summed E-state index contributed by atoms with van der Waals surface area (Å²) in [5, 5.41) is 11.0. The van der Waals surface area contributed by atoms with Crippen molar-refractivity contribution < 1.29 is 24.2 Å². The van der Waals surface area contributed by atoms with E-state index >= 15 is 0 Å². The van der Waals surface area contributed by atoms with Crippen LogP contribution in [0.4, 0.5) is 10.5 Å². The lowest BCUT2D eigenvalue weighted by Gasteiger charge is -2.42. The minimum absolute atomic E-state index is 0.112. The van der Waals surface area contributed by atoms with Crippen molar-refractivity contribution in [2.24, 2.45) is 5.41 Å². The van der Waals surface area contributed by atoms with Crippen LogP contribution in [-0.4, -0.2) is 60.0 Å². The highest BCUT2D eigenvalue weighted by Crippen LogP contribution is 2.49. The molecule has 2 amide bonds. The van der Waals surface area contributed by atoms with Crippen LogP contribution in [0.5, 0.6) is 5.75 Å². The molecule has 1 spiro atoms. The van der Waals surface area contributed by atoms with Gasteiger partial charge in [-0.3, -0.25) is 4.79 Å². The Bertz CT molecular complexity index is 768. The maximum atomic E-state index is 13.3. The first-order valence-corrected chi connectivity index (χ1v) is 10.5. The first kappa shape index (κ1) is 20.0. The topological polar surface area (TPSA) is 79.3 Å². The quantitative estimate of drug-likeness (QED) is 0.819. The fourth-order valence-electron chi connectivity index (χ4n) is 4.78. The van der Waals surface area contributed by atoms with Crippen molar-refractivity contribution >= 4 is 17.7 Å². The highest BCUT2D eigenvalue weighted by molar-refractivity contribution is 6.00. The molecule has 1 aromatic carbocycles. The van der Waals surface area contributed by atoms with Crippen LogP contribution in [0.2, 0.25) is 0 Å². The van der Waals surface area contributed by atoms with Crippen molar-refractivity contribution in [3.05, 3.63) is 24.3 Å². The summed E-state index contributed by atoms with van der Waals surface area (Å²) >= 11 is 0. The van der Waals surface area contributed by atoms with Gasteiger partial charge in [0.25, 0.3) is 0 Å². The Hall–Kier alpha value is -2.28. The fraction of sp³-hybridized carbons (Fsp3) is 0.636. The number of amides is 2. The molecule has 158 valence electrons. The number of ether oxygens (including phenoxy) is 2. The van der Waals surface area contributed by atoms with Crippen molar-refractivity contribution in [3.8, 4) is 5.75 Å². The molecule has 0 aromatic heterocycles. The Balaban J connectivity index is 1.39. The molecule has 3 fully saturated rings. The summed E-state index contributed by atoms with van der Waals surface area (Å²) in [6.07, 6.45) is 2.91. The Morgan fingerprint density at radius 2 is 1.76 bits per heavy atom. The zero-order valence-electron chi connectivity index (χ0n) is 17.2.